The van der Waals surface area contributed by atoms with Gasteiger partial charge in [-0.15, -0.1) is 11.3 Å². The summed E-state index contributed by atoms with van der Waals surface area (Å²) in [6.07, 6.45) is 5.46. The number of pyridine rings is 2. The molecular formula is C27H30N8OS. The standard InChI is InChI=1S/C27H30N8OS/c1-15-7-18(9-21(29-15)17-3-4-17)26-31-22-11-24(28-12-23(22)37-26)32-25-8-16(2)30-27(33-25)35-14-19-10-20(35)13-34(19)5-6-36/h7-9,11-12,17,19-20,36H,3-6,10,13-14H2,1-2H3,(H,28,30,32,33)/t19-,20-/m0/s1. The van der Waals surface area contributed by atoms with Gasteiger partial charge in [0.25, 0.3) is 0 Å². The molecule has 10 heteroatoms. The molecule has 2 atom stereocenters. The lowest BCUT2D eigenvalue weighted by atomic mass is 10.1. The van der Waals surface area contributed by atoms with Crippen LogP contribution in [0.4, 0.5) is 17.6 Å². The van der Waals surface area contributed by atoms with Gasteiger partial charge in [-0.1, -0.05) is 0 Å². The number of likely N-dealkylation sites (tertiary alicyclic amines) is 1. The van der Waals surface area contributed by atoms with Crippen molar-refractivity contribution in [2.75, 3.05) is 36.5 Å². The number of thiazole rings is 1. The van der Waals surface area contributed by atoms with Crippen molar-refractivity contribution in [2.24, 2.45) is 0 Å². The van der Waals surface area contributed by atoms with Crippen LogP contribution in [0, 0.1) is 13.8 Å². The molecule has 4 aromatic rings. The molecule has 1 aliphatic carbocycles. The number of aliphatic hydroxyl groups is 1. The summed E-state index contributed by atoms with van der Waals surface area (Å²) >= 11 is 1.67. The molecule has 0 amide bonds. The van der Waals surface area contributed by atoms with Crippen LogP contribution in [-0.2, 0) is 0 Å². The van der Waals surface area contributed by atoms with Crippen molar-refractivity contribution in [3.8, 4) is 10.6 Å². The largest absolute Gasteiger partial charge is 0.395 e. The topological polar surface area (TPSA) is 103 Å². The van der Waals surface area contributed by atoms with E-state index >= 15 is 0 Å². The van der Waals surface area contributed by atoms with Gasteiger partial charge >= 0.3 is 0 Å². The van der Waals surface area contributed by atoms with Gasteiger partial charge in [-0.2, -0.15) is 4.98 Å². The fourth-order valence-corrected chi connectivity index (χ4v) is 6.61. The van der Waals surface area contributed by atoms with E-state index in [-0.39, 0.29) is 6.61 Å². The quantitative estimate of drug-likeness (QED) is 0.378. The van der Waals surface area contributed by atoms with Gasteiger partial charge in [0.1, 0.15) is 16.6 Å². The monoisotopic (exact) mass is 514 g/mol. The summed E-state index contributed by atoms with van der Waals surface area (Å²) < 4.78 is 1.06. The Morgan fingerprint density at radius 3 is 2.62 bits per heavy atom. The molecule has 0 unspecified atom stereocenters. The minimum Gasteiger partial charge on any atom is -0.395 e. The maximum Gasteiger partial charge on any atom is 0.227 e. The van der Waals surface area contributed by atoms with Crippen LogP contribution in [0.15, 0.2) is 30.5 Å². The zero-order valence-corrected chi connectivity index (χ0v) is 21.9. The van der Waals surface area contributed by atoms with Crippen LogP contribution < -0.4 is 10.2 Å². The minimum atomic E-state index is 0.208. The number of hydrogen-bond donors (Lipinski definition) is 2. The highest BCUT2D eigenvalue weighted by atomic mass is 32.1. The first-order chi connectivity index (χ1) is 18.0. The van der Waals surface area contributed by atoms with Crippen LogP contribution in [0.25, 0.3) is 20.8 Å². The maximum absolute atomic E-state index is 9.32. The average molecular weight is 515 g/mol. The Hall–Kier alpha value is -3.21. The number of aryl methyl sites for hydroxylation is 2. The van der Waals surface area contributed by atoms with Crippen molar-refractivity contribution in [1.29, 1.82) is 0 Å². The zero-order valence-electron chi connectivity index (χ0n) is 21.1. The Morgan fingerprint density at radius 2 is 1.84 bits per heavy atom. The van der Waals surface area contributed by atoms with Crippen molar-refractivity contribution < 1.29 is 5.11 Å². The fourth-order valence-electron chi connectivity index (χ4n) is 5.71. The third-order valence-corrected chi connectivity index (χ3v) is 8.64. The first kappa shape index (κ1) is 22.9. The smallest absolute Gasteiger partial charge is 0.227 e. The Bertz CT molecular complexity index is 1480. The van der Waals surface area contributed by atoms with Crippen molar-refractivity contribution in [3.63, 3.8) is 0 Å². The van der Waals surface area contributed by atoms with Gasteiger partial charge < -0.3 is 15.3 Å². The van der Waals surface area contributed by atoms with E-state index in [0.717, 1.165) is 75.8 Å². The average Bonchev–Trinajstić information content (AvgIpc) is 3.33. The summed E-state index contributed by atoms with van der Waals surface area (Å²) in [7, 11) is 0. The number of piperazine rings is 1. The normalized spacial score (nSPS) is 21.3. The molecular weight excluding hydrogens is 484 g/mol. The summed E-state index contributed by atoms with van der Waals surface area (Å²) in [6.45, 7) is 6.86. The molecule has 3 fully saturated rings. The number of fused-ring (bicyclic) bond motifs is 3. The predicted molar refractivity (Wildman–Crippen MR) is 146 cm³/mol. The van der Waals surface area contributed by atoms with E-state index in [9.17, 15) is 5.11 Å². The second-order valence-electron chi connectivity index (χ2n) is 10.5. The third-order valence-electron chi connectivity index (χ3n) is 7.59. The van der Waals surface area contributed by atoms with Crippen molar-refractivity contribution in [3.05, 3.63) is 47.5 Å². The van der Waals surface area contributed by atoms with E-state index in [4.69, 9.17) is 19.9 Å². The van der Waals surface area contributed by atoms with E-state index in [1.807, 2.05) is 25.3 Å². The van der Waals surface area contributed by atoms with E-state index in [0.29, 0.717) is 18.0 Å². The van der Waals surface area contributed by atoms with Crippen LogP contribution in [-0.4, -0.2) is 73.3 Å². The third kappa shape index (κ3) is 4.43. The van der Waals surface area contributed by atoms with Gasteiger partial charge in [-0.25, -0.2) is 15.0 Å². The predicted octanol–water partition coefficient (Wildman–Crippen LogP) is 4.04. The van der Waals surface area contributed by atoms with Gasteiger partial charge in [0.05, 0.1) is 16.8 Å². The molecule has 0 radical (unpaired) electrons. The highest BCUT2D eigenvalue weighted by Crippen LogP contribution is 2.41. The van der Waals surface area contributed by atoms with Crippen molar-refractivity contribution in [1.82, 2.24) is 29.8 Å². The zero-order chi connectivity index (χ0) is 25.1. The highest BCUT2D eigenvalue weighted by molar-refractivity contribution is 7.21. The van der Waals surface area contributed by atoms with Crippen molar-refractivity contribution >= 4 is 39.1 Å². The molecule has 2 N–H and O–H groups in total. The SMILES string of the molecule is Cc1cc(-c2nc3cc(Nc4cc(C)nc(N5C[C@@H]6C[C@H]5CN6CCO)n4)ncc3s2)cc(C2CC2)n1. The molecule has 9 nitrogen and oxygen atoms in total. The Kier molecular flexibility index (Phi) is 5.56. The number of anilines is 3. The first-order valence-corrected chi connectivity index (χ1v) is 13.8. The number of β-amino-alcohol motifs (C(OH)–C–C–N with tert-alkyl or cyclic N) is 1. The number of hydrogen-bond acceptors (Lipinski definition) is 10. The maximum atomic E-state index is 9.32. The van der Waals surface area contributed by atoms with Crippen LogP contribution >= 0.6 is 11.3 Å². The summed E-state index contributed by atoms with van der Waals surface area (Å²) in [5.74, 6) is 2.82. The summed E-state index contributed by atoms with van der Waals surface area (Å²) in [5.41, 5.74) is 5.21. The molecule has 37 heavy (non-hydrogen) atoms. The molecule has 2 saturated heterocycles. The Labute approximate surface area is 219 Å². The summed E-state index contributed by atoms with van der Waals surface area (Å²) in [6, 6.07) is 9.13. The van der Waals surface area contributed by atoms with E-state index < -0.39 is 0 Å². The fraction of sp³-hybridized carbons (Fsp3) is 0.444. The lowest BCUT2D eigenvalue weighted by Crippen LogP contribution is -2.47. The Balaban J connectivity index is 1.12. The number of nitrogens with zero attached hydrogens (tertiary/aromatic N) is 7. The second kappa shape index (κ2) is 8.97. The highest BCUT2D eigenvalue weighted by Gasteiger charge is 2.44. The molecule has 7 rings (SSSR count). The van der Waals surface area contributed by atoms with Gasteiger partial charge in [-0.05, 0) is 45.2 Å². The Morgan fingerprint density at radius 1 is 0.973 bits per heavy atom. The summed E-state index contributed by atoms with van der Waals surface area (Å²) in [5, 5.41) is 13.7. The molecule has 0 aromatic carbocycles. The lowest BCUT2D eigenvalue weighted by Gasteiger charge is -2.34. The first-order valence-electron chi connectivity index (χ1n) is 13.0. The second-order valence-corrected chi connectivity index (χ2v) is 11.5. The van der Waals surface area contributed by atoms with E-state index in [1.165, 1.54) is 18.5 Å². The summed E-state index contributed by atoms with van der Waals surface area (Å²) in [4.78, 5) is 28.6. The number of nitrogens with one attached hydrogen (secondary N) is 1. The number of aliphatic hydroxyl groups excluding tert-OH is 1. The van der Waals surface area contributed by atoms with Gasteiger partial charge in [0.15, 0.2) is 0 Å². The minimum absolute atomic E-state index is 0.208. The van der Waals surface area contributed by atoms with Gasteiger partial charge in [0, 0.05) is 78.6 Å². The van der Waals surface area contributed by atoms with Crippen LogP contribution in [0.5, 0.6) is 0 Å². The molecule has 190 valence electrons. The molecule has 1 saturated carbocycles. The molecule has 4 aromatic heterocycles. The van der Waals surface area contributed by atoms with Crippen LogP contribution in [0.2, 0.25) is 0 Å². The number of rotatable bonds is 7. The van der Waals surface area contributed by atoms with E-state index in [2.05, 4.69) is 39.2 Å². The lowest BCUT2D eigenvalue weighted by molar-refractivity contribution is 0.176. The molecule has 2 bridgehead atoms. The number of aromatic nitrogens is 5. The molecule has 0 spiro atoms. The molecule has 6 heterocycles. The van der Waals surface area contributed by atoms with Gasteiger partial charge in [0.2, 0.25) is 5.95 Å². The van der Waals surface area contributed by atoms with Gasteiger partial charge in [-0.3, -0.25) is 9.88 Å². The van der Waals surface area contributed by atoms with Crippen molar-refractivity contribution in [2.45, 2.75) is 51.1 Å². The molecule has 3 aliphatic rings. The van der Waals surface area contributed by atoms with Crippen LogP contribution in [0.3, 0.4) is 0 Å². The van der Waals surface area contributed by atoms with Crippen LogP contribution in [0.1, 0.15) is 42.3 Å². The van der Waals surface area contributed by atoms with E-state index in [1.54, 1.807) is 11.3 Å². The molecule has 2 aliphatic heterocycles.